The van der Waals surface area contributed by atoms with E-state index in [9.17, 15) is 35.1 Å². The topological polar surface area (TPSA) is 120 Å². The van der Waals surface area contributed by atoms with Gasteiger partial charge in [0.1, 0.15) is 51.5 Å². The first kappa shape index (κ1) is 78.1. The molecule has 0 atom stereocenters. The highest BCUT2D eigenvalue weighted by atomic mass is 19.2. The van der Waals surface area contributed by atoms with E-state index in [2.05, 4.69) is 50.3 Å². The summed E-state index contributed by atoms with van der Waals surface area (Å²) < 4.78 is 143. The third-order valence-electron chi connectivity index (χ3n) is 22.0. The fraction of sp³-hybridized carbons (Fsp3) is 0.120. The molecule has 0 amide bonds. The molecule has 0 aliphatic carbocycles. The molecule has 0 saturated carbocycles. The number of aryl methyl sites for hydroxylation is 12. The minimum atomic E-state index is -0.862. The van der Waals surface area contributed by atoms with E-state index in [1.807, 2.05) is 242 Å². The Morgan fingerprint density at radius 3 is 1.02 bits per heavy atom. The van der Waals surface area contributed by atoms with Crippen molar-refractivity contribution in [1.29, 1.82) is 0 Å². The lowest BCUT2D eigenvalue weighted by molar-refractivity contribution is -0.660. The van der Waals surface area contributed by atoms with Crippen molar-refractivity contribution < 1.29 is 71.1 Å². The van der Waals surface area contributed by atoms with Crippen LogP contribution in [0.5, 0.6) is 0 Å². The molecule has 0 aliphatic rings. The number of benzene rings is 8. The van der Waals surface area contributed by atoms with Crippen molar-refractivity contribution in [3.05, 3.63) is 335 Å². The summed E-state index contributed by atoms with van der Waals surface area (Å²) in [5.41, 5.74) is 25.2. The van der Waals surface area contributed by atoms with E-state index in [0.717, 1.165) is 185 Å². The molecule has 0 radical (unpaired) electrons. The van der Waals surface area contributed by atoms with Crippen LogP contribution in [0, 0.1) is 102 Å². The van der Waals surface area contributed by atoms with Crippen molar-refractivity contribution in [2.75, 3.05) is 0 Å². The second kappa shape index (κ2) is 31.2. The Hall–Kier alpha value is -14.4. The van der Waals surface area contributed by atoms with Crippen molar-refractivity contribution in [3.63, 3.8) is 0 Å². The van der Waals surface area contributed by atoms with Gasteiger partial charge in [0.05, 0.1) is 27.8 Å². The average Bonchev–Trinajstić information content (AvgIpc) is 1.52. The zero-order valence-corrected chi connectivity index (χ0v) is 67.3. The van der Waals surface area contributed by atoms with Crippen LogP contribution in [0.15, 0.2) is 261 Å². The lowest BCUT2D eigenvalue weighted by Crippen LogP contribution is -2.31. The van der Waals surface area contributed by atoms with E-state index in [4.69, 9.17) is 17.7 Å². The zero-order valence-electron chi connectivity index (χ0n) is 67.3. The summed E-state index contributed by atoms with van der Waals surface area (Å²) in [5.74, 6) is -5.81. The molecular formula is C100H76F8N8O4+4. The molecule has 20 rings (SSSR count). The minimum absolute atomic E-state index is 0.337. The molecule has 592 valence electrons. The van der Waals surface area contributed by atoms with Gasteiger partial charge >= 0.3 is 0 Å². The molecule has 12 aromatic heterocycles. The molecule has 0 saturated heterocycles. The van der Waals surface area contributed by atoms with Gasteiger partial charge in [0.15, 0.2) is 70.4 Å². The molecular weight excluding hydrogens is 1530 g/mol. The van der Waals surface area contributed by atoms with Crippen LogP contribution in [0.2, 0.25) is 0 Å². The van der Waals surface area contributed by atoms with Gasteiger partial charge in [-0.05, 0) is 209 Å². The van der Waals surface area contributed by atoms with Crippen LogP contribution in [0.1, 0.15) is 45.0 Å². The zero-order chi connectivity index (χ0) is 84.0. The summed E-state index contributed by atoms with van der Waals surface area (Å²) in [6.45, 7) is 15.8. The highest BCUT2D eigenvalue weighted by molar-refractivity contribution is 6.12. The van der Waals surface area contributed by atoms with Crippen LogP contribution >= 0.6 is 0 Å². The predicted octanol–water partition coefficient (Wildman–Crippen LogP) is 24.1. The van der Waals surface area contributed by atoms with Gasteiger partial charge in [-0.2, -0.15) is 0 Å². The molecule has 12 heterocycles. The number of halogens is 8. The number of aromatic nitrogens is 8. The monoisotopic (exact) mass is 1600 g/mol. The number of hydrogen-bond donors (Lipinski definition) is 0. The van der Waals surface area contributed by atoms with Gasteiger partial charge in [-0.3, -0.25) is 0 Å². The fourth-order valence-corrected chi connectivity index (χ4v) is 15.8. The second-order valence-corrected chi connectivity index (χ2v) is 30.3. The molecule has 0 aliphatic heterocycles. The number of pyridine rings is 8. The van der Waals surface area contributed by atoms with E-state index in [-0.39, 0.29) is 0 Å². The van der Waals surface area contributed by atoms with Gasteiger partial charge < -0.3 is 17.7 Å². The third-order valence-corrected chi connectivity index (χ3v) is 22.0. The third kappa shape index (κ3) is 14.5. The van der Waals surface area contributed by atoms with Crippen LogP contribution in [0.4, 0.5) is 35.1 Å². The van der Waals surface area contributed by atoms with Gasteiger partial charge in [-0.15, -0.1) is 0 Å². The van der Waals surface area contributed by atoms with Gasteiger partial charge in [0.2, 0.25) is 45.6 Å². The lowest BCUT2D eigenvalue weighted by Gasteiger charge is -2.11. The van der Waals surface area contributed by atoms with Crippen molar-refractivity contribution in [3.8, 4) is 89.5 Å². The molecule has 0 spiro atoms. The largest absolute Gasteiger partial charge is 0.437 e. The molecule has 0 fully saturated rings. The molecule has 20 aromatic rings. The molecule has 0 bridgehead atoms. The highest BCUT2D eigenvalue weighted by Crippen LogP contribution is 2.44. The van der Waals surface area contributed by atoms with Crippen LogP contribution in [-0.4, -0.2) is 19.9 Å². The minimum Gasteiger partial charge on any atom is -0.437 e. The Bertz CT molecular complexity index is 7600. The van der Waals surface area contributed by atoms with Crippen molar-refractivity contribution in [2.45, 2.75) is 55.4 Å². The van der Waals surface area contributed by atoms with E-state index >= 15 is 0 Å². The molecule has 20 heteroatoms. The van der Waals surface area contributed by atoms with Gasteiger partial charge in [-0.1, -0.05) is 60.7 Å². The Morgan fingerprint density at radius 1 is 0.250 bits per heavy atom. The summed E-state index contributed by atoms with van der Waals surface area (Å²) >= 11 is 0. The molecule has 120 heavy (non-hydrogen) atoms. The summed E-state index contributed by atoms with van der Waals surface area (Å²) in [7, 11) is 7.72. The van der Waals surface area contributed by atoms with E-state index in [1.165, 1.54) is 36.4 Å². The summed E-state index contributed by atoms with van der Waals surface area (Å²) in [6.07, 6.45) is 7.60. The maximum Gasteiger partial charge on any atom is 0.227 e. The van der Waals surface area contributed by atoms with Crippen LogP contribution < -0.4 is 18.3 Å². The Labute approximate surface area is 683 Å². The fourth-order valence-electron chi connectivity index (χ4n) is 15.8. The van der Waals surface area contributed by atoms with Crippen molar-refractivity contribution in [2.24, 2.45) is 28.2 Å². The number of fused-ring (bicyclic) bond motifs is 12. The van der Waals surface area contributed by atoms with Crippen LogP contribution in [0.3, 0.4) is 0 Å². The molecule has 0 N–H and O–H groups in total. The summed E-state index contributed by atoms with van der Waals surface area (Å²) in [5, 5.41) is 7.79. The standard InChI is InChI=1S/4C25H19F2N2O/c1-14-4-8-18-19-9-5-15(2)28-25(19)30-24(18)23(14)22-11-7-17(13-29(22)3)16-6-10-20(26)21(27)12-16;1-14-4-7-19-20-8-5-15(2)28-25(20)30-24(19)23(14)22-12-16(10-11-29(22)3)18-9-6-17(26)13-21(18)27;1-14-4-7-18-19-8-5-15(2)28-25(19)30-24(18)23(14)22-13-17(10-11-29(22)3)16-6-9-20(26)21(27)12-16;1-14-6-9-19-20-10-7-15(2)28-25(20)30-24(19)22(14)23-18(5-4-12-29(23)3)17-11-8-16(26)13-21(17)27/h4*4-13H,1-3H3/q4*+1. The molecule has 12 nitrogen and oxygen atoms in total. The van der Waals surface area contributed by atoms with Crippen molar-refractivity contribution >= 4 is 88.3 Å². The summed E-state index contributed by atoms with van der Waals surface area (Å²) in [6, 6.07) is 62.7. The van der Waals surface area contributed by atoms with Gasteiger partial charge in [0.25, 0.3) is 0 Å². The van der Waals surface area contributed by atoms with Gasteiger partial charge in [0, 0.05) is 131 Å². The van der Waals surface area contributed by atoms with E-state index < -0.39 is 46.5 Å². The maximum absolute atomic E-state index is 14.7. The summed E-state index contributed by atoms with van der Waals surface area (Å²) in [4.78, 5) is 18.1. The quantitative estimate of drug-likeness (QED) is 0.109. The van der Waals surface area contributed by atoms with Crippen molar-refractivity contribution in [1.82, 2.24) is 19.9 Å². The van der Waals surface area contributed by atoms with Crippen LogP contribution in [0.25, 0.3) is 178 Å². The second-order valence-electron chi connectivity index (χ2n) is 30.3. The SMILES string of the molecule is Cc1ccc2c(n1)oc1c(-c3c(-c4ccc(F)cc4F)ccc[n+]3C)c(C)ccc12.Cc1ccc2c(n1)oc1c(-c3cc(-c4ccc(F)c(F)c4)cc[n+]3C)c(C)ccc12.Cc1ccc2c(n1)oc1c(-c3cc(-c4ccc(F)cc4F)cc[n+]3C)c(C)ccc12.Cc1ccc2c(n1)oc1c(-c3ccc(-c4ccc(F)c(F)c4)c[n+]3C)c(C)ccc12. The Balaban J connectivity index is 0.000000114. The first-order chi connectivity index (χ1) is 57.7. The van der Waals surface area contributed by atoms with Crippen LogP contribution in [-0.2, 0) is 28.2 Å². The van der Waals surface area contributed by atoms with E-state index in [0.29, 0.717) is 61.8 Å². The Morgan fingerprint density at radius 2 is 0.608 bits per heavy atom. The number of furan rings is 4. The number of nitrogens with zero attached hydrogens (tertiary/aromatic N) is 8. The predicted molar refractivity (Wildman–Crippen MR) is 452 cm³/mol. The number of hydrogen-bond acceptors (Lipinski definition) is 8. The lowest BCUT2D eigenvalue weighted by atomic mass is 9.94. The smallest absolute Gasteiger partial charge is 0.227 e. The first-order valence-corrected chi connectivity index (χ1v) is 38.7. The normalized spacial score (nSPS) is 11.5. The first-order valence-electron chi connectivity index (χ1n) is 38.7. The number of rotatable bonds is 8. The maximum atomic E-state index is 14.7. The molecule has 8 aromatic carbocycles. The average molecular weight is 1610 g/mol. The molecule has 0 unspecified atom stereocenters. The van der Waals surface area contributed by atoms with Gasteiger partial charge in [-0.25, -0.2) is 73.3 Å². The highest BCUT2D eigenvalue weighted by Gasteiger charge is 2.30. The Kier molecular flexibility index (Phi) is 20.3. The van der Waals surface area contributed by atoms with E-state index in [1.54, 1.807) is 12.1 Å².